The van der Waals surface area contributed by atoms with Crippen LogP contribution in [0, 0.1) is 13.8 Å². The maximum absolute atomic E-state index is 5.77. The van der Waals surface area contributed by atoms with Crippen molar-refractivity contribution in [2.24, 2.45) is 4.99 Å². The van der Waals surface area contributed by atoms with Crippen molar-refractivity contribution in [3.63, 3.8) is 0 Å². The minimum absolute atomic E-state index is 0. The molecule has 0 amide bonds. The smallest absolute Gasteiger partial charge is 0.191 e. The highest BCUT2D eigenvalue weighted by Crippen LogP contribution is 2.14. The highest BCUT2D eigenvalue weighted by atomic mass is 127. The van der Waals surface area contributed by atoms with E-state index in [9.17, 15) is 0 Å². The summed E-state index contributed by atoms with van der Waals surface area (Å²) in [5.74, 6) is 1.78. The van der Waals surface area contributed by atoms with E-state index in [4.69, 9.17) is 14.0 Å². The lowest BCUT2D eigenvalue weighted by molar-refractivity contribution is 0.0420. The molecule has 1 aliphatic heterocycles. The summed E-state index contributed by atoms with van der Waals surface area (Å²) in [7, 11) is 0. The molecule has 1 unspecified atom stereocenters. The van der Waals surface area contributed by atoms with Crippen LogP contribution in [0.3, 0.4) is 0 Å². The highest BCUT2D eigenvalue weighted by Gasteiger charge is 2.15. The predicted molar refractivity (Wildman–Crippen MR) is 113 cm³/mol. The number of guanidine groups is 1. The lowest BCUT2D eigenvalue weighted by Gasteiger charge is -2.13. The highest BCUT2D eigenvalue weighted by molar-refractivity contribution is 14.0. The van der Waals surface area contributed by atoms with Gasteiger partial charge in [0, 0.05) is 38.4 Å². The Morgan fingerprint density at radius 3 is 2.81 bits per heavy atom. The van der Waals surface area contributed by atoms with Crippen LogP contribution in [0.15, 0.2) is 9.52 Å². The first kappa shape index (κ1) is 23.2. The van der Waals surface area contributed by atoms with Gasteiger partial charge >= 0.3 is 0 Å². The molecule has 150 valence electrons. The molecule has 1 saturated heterocycles. The van der Waals surface area contributed by atoms with Crippen molar-refractivity contribution in [2.45, 2.75) is 52.6 Å². The first-order valence-electron chi connectivity index (χ1n) is 9.34. The van der Waals surface area contributed by atoms with Crippen molar-refractivity contribution in [2.75, 3.05) is 39.5 Å². The van der Waals surface area contributed by atoms with Gasteiger partial charge in [0.1, 0.15) is 5.76 Å². The van der Waals surface area contributed by atoms with Crippen LogP contribution in [0.1, 0.15) is 43.2 Å². The molecule has 26 heavy (non-hydrogen) atoms. The average molecular weight is 480 g/mol. The van der Waals surface area contributed by atoms with Crippen molar-refractivity contribution < 1.29 is 14.0 Å². The van der Waals surface area contributed by atoms with E-state index in [1.165, 1.54) is 5.56 Å². The van der Waals surface area contributed by atoms with Gasteiger partial charge < -0.3 is 24.6 Å². The third kappa shape index (κ3) is 8.22. The Morgan fingerprint density at radius 2 is 2.15 bits per heavy atom. The largest absolute Gasteiger partial charge is 0.379 e. The second kappa shape index (κ2) is 13.3. The molecule has 0 bridgehead atoms. The molecule has 8 heteroatoms. The van der Waals surface area contributed by atoms with Gasteiger partial charge in [-0.25, -0.2) is 0 Å². The van der Waals surface area contributed by atoms with Gasteiger partial charge in [-0.1, -0.05) is 5.16 Å². The molecule has 2 heterocycles. The van der Waals surface area contributed by atoms with Crippen molar-refractivity contribution >= 4 is 29.9 Å². The molecule has 1 aliphatic rings. The molecular formula is C18H33IN4O3. The molecule has 1 aromatic rings. The summed E-state index contributed by atoms with van der Waals surface area (Å²) in [6.07, 6.45) is 4.18. The minimum Gasteiger partial charge on any atom is -0.379 e. The molecule has 0 spiro atoms. The third-order valence-corrected chi connectivity index (χ3v) is 4.24. The molecule has 0 aliphatic carbocycles. The normalized spacial score (nSPS) is 17.2. The van der Waals surface area contributed by atoms with Gasteiger partial charge in [-0.3, -0.25) is 4.99 Å². The summed E-state index contributed by atoms with van der Waals surface area (Å²) < 4.78 is 16.3. The van der Waals surface area contributed by atoms with E-state index in [-0.39, 0.29) is 30.1 Å². The molecule has 0 aromatic carbocycles. The molecule has 1 fully saturated rings. The first-order valence-corrected chi connectivity index (χ1v) is 9.34. The third-order valence-electron chi connectivity index (χ3n) is 4.24. The summed E-state index contributed by atoms with van der Waals surface area (Å²) in [6, 6.07) is 0. The van der Waals surface area contributed by atoms with Crippen LogP contribution in [0.5, 0.6) is 0 Å². The van der Waals surface area contributed by atoms with Crippen LogP contribution in [-0.2, 0) is 15.9 Å². The number of rotatable bonds is 10. The maximum Gasteiger partial charge on any atom is 0.191 e. The van der Waals surface area contributed by atoms with Crippen LogP contribution in [0.2, 0.25) is 0 Å². The average Bonchev–Trinajstić information content (AvgIpc) is 3.22. The number of hydrogen-bond acceptors (Lipinski definition) is 5. The Balaban J connectivity index is 0.00000338. The van der Waals surface area contributed by atoms with E-state index < -0.39 is 0 Å². The van der Waals surface area contributed by atoms with Gasteiger partial charge in [-0.05, 0) is 46.5 Å². The van der Waals surface area contributed by atoms with Crippen molar-refractivity contribution in [1.29, 1.82) is 0 Å². The standard InChI is InChI=1S/C18H32N4O3.HI/c1-4-19-18(21-10-6-11-24-16-8-12-23-13-16)20-9-5-7-17-14(2)22-25-15(17)3;/h16H,4-13H2,1-3H3,(H2,19,20,21);1H. The van der Waals surface area contributed by atoms with Crippen LogP contribution in [-0.4, -0.2) is 56.7 Å². The number of aromatic nitrogens is 1. The van der Waals surface area contributed by atoms with E-state index in [2.05, 4.69) is 27.7 Å². The zero-order valence-corrected chi connectivity index (χ0v) is 18.5. The summed E-state index contributed by atoms with van der Waals surface area (Å²) in [6.45, 7) is 10.8. The number of ether oxygens (including phenoxy) is 2. The Morgan fingerprint density at radius 1 is 1.31 bits per heavy atom. The van der Waals surface area contributed by atoms with Gasteiger partial charge in [0.2, 0.25) is 0 Å². The van der Waals surface area contributed by atoms with Crippen molar-refractivity contribution in [3.05, 3.63) is 17.0 Å². The van der Waals surface area contributed by atoms with Crippen molar-refractivity contribution in [1.82, 2.24) is 15.8 Å². The fourth-order valence-corrected chi connectivity index (χ4v) is 2.82. The first-order chi connectivity index (χ1) is 12.2. The lowest BCUT2D eigenvalue weighted by Crippen LogP contribution is -2.38. The molecule has 1 atom stereocenters. The summed E-state index contributed by atoms with van der Waals surface area (Å²) >= 11 is 0. The Labute approximate surface area is 173 Å². The van der Waals surface area contributed by atoms with Gasteiger partial charge in [-0.2, -0.15) is 0 Å². The van der Waals surface area contributed by atoms with Crippen LogP contribution in [0.25, 0.3) is 0 Å². The van der Waals surface area contributed by atoms with Crippen molar-refractivity contribution in [3.8, 4) is 0 Å². The zero-order valence-electron chi connectivity index (χ0n) is 16.2. The Kier molecular flexibility index (Phi) is 11.9. The number of aliphatic imine (C=N–C) groups is 1. The van der Waals surface area contributed by atoms with Gasteiger partial charge in [0.05, 0.1) is 18.4 Å². The zero-order chi connectivity index (χ0) is 17.9. The molecule has 0 radical (unpaired) electrons. The molecule has 2 rings (SSSR count). The van der Waals surface area contributed by atoms with Crippen LogP contribution >= 0.6 is 24.0 Å². The molecule has 7 nitrogen and oxygen atoms in total. The van der Waals surface area contributed by atoms with E-state index in [0.29, 0.717) is 0 Å². The molecule has 1 aromatic heterocycles. The van der Waals surface area contributed by atoms with Crippen LogP contribution in [0.4, 0.5) is 0 Å². The number of nitrogens with zero attached hydrogens (tertiary/aromatic N) is 2. The summed E-state index contributed by atoms with van der Waals surface area (Å²) in [5, 5.41) is 10.6. The van der Waals surface area contributed by atoms with E-state index in [1.54, 1.807) is 0 Å². The van der Waals surface area contributed by atoms with E-state index in [1.807, 2.05) is 13.8 Å². The second-order valence-corrected chi connectivity index (χ2v) is 6.30. The van der Waals surface area contributed by atoms with Crippen LogP contribution < -0.4 is 10.6 Å². The number of nitrogens with one attached hydrogen (secondary N) is 2. The molecule has 2 N–H and O–H groups in total. The summed E-state index contributed by atoms with van der Waals surface area (Å²) in [5.41, 5.74) is 2.19. The lowest BCUT2D eigenvalue weighted by atomic mass is 10.1. The predicted octanol–water partition coefficient (Wildman–Crippen LogP) is 2.59. The quantitative estimate of drug-likeness (QED) is 0.232. The van der Waals surface area contributed by atoms with Gasteiger partial charge in [0.25, 0.3) is 0 Å². The second-order valence-electron chi connectivity index (χ2n) is 6.30. The number of halogens is 1. The fourth-order valence-electron chi connectivity index (χ4n) is 2.82. The Bertz CT molecular complexity index is 511. The molecular weight excluding hydrogens is 447 g/mol. The Hall–Kier alpha value is -0.870. The van der Waals surface area contributed by atoms with E-state index >= 15 is 0 Å². The monoisotopic (exact) mass is 480 g/mol. The summed E-state index contributed by atoms with van der Waals surface area (Å²) in [4.78, 5) is 4.63. The topological polar surface area (TPSA) is 80.9 Å². The molecule has 0 saturated carbocycles. The maximum atomic E-state index is 5.77. The van der Waals surface area contributed by atoms with Gasteiger partial charge in [0.15, 0.2) is 5.96 Å². The minimum atomic E-state index is 0. The van der Waals surface area contributed by atoms with Gasteiger partial charge in [-0.15, -0.1) is 24.0 Å². The fraction of sp³-hybridized carbons (Fsp3) is 0.778. The number of aryl methyl sites for hydroxylation is 2. The number of hydrogen-bond donors (Lipinski definition) is 2. The van der Waals surface area contributed by atoms with E-state index in [0.717, 1.165) is 82.6 Å². The SMILES string of the molecule is CCNC(=NCCCc1c(C)noc1C)NCCCOC1CCOC1.I.